The molecule has 10 nitrogen and oxygen atoms in total. The van der Waals surface area contributed by atoms with E-state index in [1.54, 1.807) is 0 Å². The number of nitrogens with two attached hydrogens (primary N) is 1. The van der Waals surface area contributed by atoms with Crippen molar-refractivity contribution in [2.45, 2.75) is 32.4 Å². The van der Waals surface area contributed by atoms with Gasteiger partial charge < -0.3 is 10.1 Å². The summed E-state index contributed by atoms with van der Waals surface area (Å²) in [6, 6.07) is 22.1. The van der Waals surface area contributed by atoms with E-state index < -0.39 is 10.2 Å². The Balaban J connectivity index is 1.48. The number of rotatable bonds is 8. The van der Waals surface area contributed by atoms with E-state index in [9.17, 15) is 8.42 Å². The van der Waals surface area contributed by atoms with Crippen molar-refractivity contribution in [1.82, 2.24) is 23.9 Å². The topological polar surface area (TPSA) is 129 Å². The average molecular weight is 532 g/mol. The summed E-state index contributed by atoms with van der Waals surface area (Å²) in [5.74, 6) is 1.52. The first kappa shape index (κ1) is 24.6. The van der Waals surface area contributed by atoms with Crippen LogP contribution in [0.25, 0.3) is 22.4 Å². The molecule has 1 unspecified atom stereocenters. The van der Waals surface area contributed by atoms with Crippen molar-refractivity contribution in [3.05, 3.63) is 89.2 Å². The predicted molar refractivity (Wildman–Crippen MR) is 146 cm³/mol. The zero-order valence-corrected chi connectivity index (χ0v) is 21.8. The fourth-order valence-corrected chi connectivity index (χ4v) is 5.47. The molecule has 1 saturated heterocycles. The number of benzene rings is 2. The largest absolute Gasteiger partial charge is 0.381 e. The van der Waals surface area contributed by atoms with E-state index in [1.807, 2.05) is 58.5 Å². The molecular weight excluding hydrogens is 502 g/mol. The second-order valence-electron chi connectivity index (χ2n) is 9.55. The average Bonchev–Trinajstić information content (AvgIpc) is 3.64. The molecule has 1 atom stereocenters. The van der Waals surface area contributed by atoms with Gasteiger partial charge in [0, 0.05) is 42.4 Å². The van der Waals surface area contributed by atoms with Gasteiger partial charge in [0.2, 0.25) is 0 Å². The van der Waals surface area contributed by atoms with Gasteiger partial charge in [-0.15, -0.1) is 5.10 Å². The van der Waals surface area contributed by atoms with Gasteiger partial charge in [-0.3, -0.25) is 4.57 Å². The van der Waals surface area contributed by atoms with Crippen LogP contribution in [0.2, 0.25) is 0 Å². The Kier molecular flexibility index (Phi) is 6.36. The summed E-state index contributed by atoms with van der Waals surface area (Å²) in [7, 11) is -3.82. The molecule has 0 bridgehead atoms. The molecule has 0 spiro atoms. The molecule has 1 fully saturated rings. The van der Waals surface area contributed by atoms with Crippen molar-refractivity contribution in [1.29, 1.82) is 0 Å². The van der Waals surface area contributed by atoms with Crippen LogP contribution < -0.4 is 15.2 Å². The highest BCUT2D eigenvalue weighted by Gasteiger charge is 2.24. The maximum absolute atomic E-state index is 11.5. The Bertz CT molecular complexity index is 1720. The second-order valence-corrected chi connectivity index (χ2v) is 10.9. The van der Waals surface area contributed by atoms with Gasteiger partial charge in [-0.05, 0) is 48.7 Å². The highest BCUT2D eigenvalue weighted by molar-refractivity contribution is 7.87. The summed E-state index contributed by atoms with van der Waals surface area (Å²) < 4.78 is 35.0. The summed E-state index contributed by atoms with van der Waals surface area (Å²) in [5.41, 5.74) is 5.76. The third-order valence-corrected chi connectivity index (χ3v) is 7.51. The van der Waals surface area contributed by atoms with E-state index in [0.717, 1.165) is 57.8 Å². The van der Waals surface area contributed by atoms with E-state index in [-0.39, 0.29) is 12.5 Å². The van der Waals surface area contributed by atoms with Gasteiger partial charge in [-0.1, -0.05) is 42.5 Å². The molecular formula is C27H29N7O3S. The highest BCUT2D eigenvalue weighted by Crippen LogP contribution is 2.31. The number of aromatic nitrogens is 4. The number of nitrogens with zero attached hydrogens (tertiary/aromatic N) is 4. The van der Waals surface area contributed by atoms with Crippen LogP contribution in [0.4, 0.5) is 5.82 Å². The Hall–Kier alpha value is -3.77. The lowest BCUT2D eigenvalue weighted by Gasteiger charge is -2.15. The van der Waals surface area contributed by atoms with Crippen LogP contribution in [0, 0.1) is 6.92 Å². The van der Waals surface area contributed by atoms with Crippen molar-refractivity contribution in [3.63, 3.8) is 0 Å². The van der Waals surface area contributed by atoms with Gasteiger partial charge in [0.15, 0.2) is 5.82 Å². The Morgan fingerprint density at radius 2 is 1.89 bits per heavy atom. The first-order valence-electron chi connectivity index (χ1n) is 12.5. The molecule has 1 aliphatic heterocycles. The number of fused-ring (bicyclic) bond motifs is 2. The number of ether oxygens (including phenoxy) is 1. The zero-order valence-electron chi connectivity index (χ0n) is 21.0. The van der Waals surface area contributed by atoms with Gasteiger partial charge >= 0.3 is 0 Å². The van der Waals surface area contributed by atoms with E-state index in [0.29, 0.717) is 19.1 Å². The van der Waals surface area contributed by atoms with E-state index in [2.05, 4.69) is 34.3 Å². The van der Waals surface area contributed by atoms with Crippen LogP contribution >= 0.6 is 0 Å². The molecule has 0 amide bonds. The Labute approximate surface area is 220 Å². The van der Waals surface area contributed by atoms with Crippen LogP contribution in [0.15, 0.2) is 66.7 Å². The minimum Gasteiger partial charge on any atom is -0.381 e. The molecule has 3 aromatic heterocycles. The molecule has 38 heavy (non-hydrogen) atoms. The van der Waals surface area contributed by atoms with Crippen LogP contribution in [0.1, 0.15) is 34.9 Å². The van der Waals surface area contributed by atoms with Crippen molar-refractivity contribution < 1.29 is 13.2 Å². The molecule has 4 N–H and O–H groups in total. The third kappa shape index (κ3) is 4.76. The molecule has 2 aromatic carbocycles. The monoisotopic (exact) mass is 531 g/mol. The number of hydrogen-bond donors (Lipinski definition) is 3. The molecule has 5 aromatic rings. The van der Waals surface area contributed by atoms with Crippen molar-refractivity contribution >= 4 is 32.4 Å². The molecule has 11 heteroatoms. The minimum absolute atomic E-state index is 0.0901. The summed E-state index contributed by atoms with van der Waals surface area (Å²) in [4.78, 5) is 4.98. The lowest BCUT2D eigenvalue weighted by atomic mass is 10.1. The summed E-state index contributed by atoms with van der Waals surface area (Å²) in [6.45, 7) is 4.11. The van der Waals surface area contributed by atoms with Gasteiger partial charge in [-0.2, -0.15) is 18.1 Å². The third-order valence-electron chi connectivity index (χ3n) is 6.96. The van der Waals surface area contributed by atoms with E-state index in [1.165, 1.54) is 0 Å². The fourth-order valence-electron chi connectivity index (χ4n) is 5.11. The van der Waals surface area contributed by atoms with Crippen LogP contribution in [-0.4, -0.2) is 40.8 Å². The summed E-state index contributed by atoms with van der Waals surface area (Å²) in [6.07, 6.45) is 0.949. The number of hydrogen-bond acceptors (Lipinski definition) is 6. The van der Waals surface area contributed by atoms with E-state index in [4.69, 9.17) is 20.0 Å². The smallest absolute Gasteiger partial charge is 0.274 e. The lowest BCUT2D eigenvalue weighted by molar-refractivity contribution is 0.193. The SMILES string of the molecule is Cc1cc2c(CNS(N)(=O)=O)cccc2n1-c1nc(NCc2ccccc2)c2ccc(C3CCOC3)n2n1. The molecule has 0 aliphatic carbocycles. The number of aryl methyl sites for hydroxylation is 1. The van der Waals surface area contributed by atoms with Crippen LogP contribution in [-0.2, 0) is 28.0 Å². The Morgan fingerprint density at radius 3 is 2.66 bits per heavy atom. The molecule has 0 radical (unpaired) electrons. The highest BCUT2D eigenvalue weighted by atomic mass is 32.2. The van der Waals surface area contributed by atoms with Crippen molar-refractivity contribution in [2.75, 3.05) is 18.5 Å². The lowest BCUT2D eigenvalue weighted by Crippen LogP contribution is -2.30. The first-order valence-corrected chi connectivity index (χ1v) is 14.0. The zero-order chi connectivity index (χ0) is 26.3. The van der Waals surface area contributed by atoms with Gasteiger partial charge in [0.25, 0.3) is 16.2 Å². The van der Waals surface area contributed by atoms with Crippen molar-refractivity contribution in [2.24, 2.45) is 5.14 Å². The molecule has 4 heterocycles. The van der Waals surface area contributed by atoms with E-state index >= 15 is 0 Å². The van der Waals surface area contributed by atoms with Crippen LogP contribution in [0.3, 0.4) is 0 Å². The van der Waals surface area contributed by atoms with Gasteiger partial charge in [0.1, 0.15) is 5.52 Å². The number of nitrogens with one attached hydrogen (secondary N) is 2. The standard InChI is InChI=1S/C27H29N7O3S/c1-18-14-22-20(16-30-38(28,35)36)8-5-9-24(22)33(18)27-31-26(29-15-19-6-3-2-4-7-19)25-11-10-23(34(25)32-27)21-12-13-37-17-21/h2-11,14,21,30H,12-13,15-17H2,1H3,(H2,28,35,36)(H,29,31,32). The quantitative estimate of drug-likeness (QED) is 0.282. The molecule has 1 aliphatic rings. The second kappa shape index (κ2) is 9.84. The Morgan fingerprint density at radius 1 is 1.05 bits per heavy atom. The summed E-state index contributed by atoms with van der Waals surface area (Å²) in [5, 5.41) is 14.6. The molecule has 6 rings (SSSR count). The maximum atomic E-state index is 11.5. The van der Waals surface area contributed by atoms with Crippen molar-refractivity contribution in [3.8, 4) is 5.95 Å². The van der Waals surface area contributed by atoms with Crippen LogP contribution in [0.5, 0.6) is 0 Å². The fraction of sp³-hybridized carbons (Fsp3) is 0.259. The minimum atomic E-state index is -3.82. The molecule has 196 valence electrons. The maximum Gasteiger partial charge on any atom is 0.274 e. The first-order chi connectivity index (χ1) is 18.4. The summed E-state index contributed by atoms with van der Waals surface area (Å²) >= 11 is 0. The number of anilines is 1. The normalized spacial score (nSPS) is 16.0. The predicted octanol–water partition coefficient (Wildman–Crippen LogP) is 3.39. The van der Waals surface area contributed by atoms with Gasteiger partial charge in [0.05, 0.1) is 12.1 Å². The molecule has 0 saturated carbocycles. The van der Waals surface area contributed by atoms with Gasteiger partial charge in [-0.25, -0.2) is 9.65 Å².